The first-order valence-corrected chi connectivity index (χ1v) is 6.37. The summed E-state index contributed by atoms with van der Waals surface area (Å²) in [6, 6.07) is 5.31. The van der Waals surface area contributed by atoms with Gasteiger partial charge in [-0.2, -0.15) is 0 Å². The lowest BCUT2D eigenvalue weighted by molar-refractivity contribution is -0.121. The van der Waals surface area contributed by atoms with Crippen molar-refractivity contribution in [2.45, 2.75) is 18.9 Å². The topological polar surface area (TPSA) is 41.6 Å². The maximum atomic E-state index is 12.2. The summed E-state index contributed by atoms with van der Waals surface area (Å²) in [5, 5.41) is 3.60. The quantitative estimate of drug-likeness (QED) is 0.912. The largest absolute Gasteiger partial charge is 0.495 e. The van der Waals surface area contributed by atoms with Crippen molar-refractivity contribution in [2.24, 2.45) is 0 Å². The lowest BCUT2D eigenvalue weighted by Gasteiger charge is -2.32. The van der Waals surface area contributed by atoms with Gasteiger partial charge < -0.3 is 15.0 Å². The van der Waals surface area contributed by atoms with E-state index in [1.54, 1.807) is 24.1 Å². The minimum absolute atomic E-state index is 0.0968. The van der Waals surface area contributed by atoms with E-state index in [0.29, 0.717) is 10.8 Å². The highest BCUT2D eigenvalue weighted by Crippen LogP contribution is 2.30. The van der Waals surface area contributed by atoms with Gasteiger partial charge in [0.15, 0.2) is 0 Å². The van der Waals surface area contributed by atoms with Gasteiger partial charge in [-0.25, -0.2) is 0 Å². The Hall–Kier alpha value is -1.26. The van der Waals surface area contributed by atoms with Crippen LogP contribution in [0.3, 0.4) is 0 Å². The Morgan fingerprint density at radius 1 is 1.50 bits per heavy atom. The Labute approximate surface area is 112 Å². The average molecular weight is 269 g/mol. The number of nitrogens with zero attached hydrogens (tertiary/aromatic N) is 1. The normalized spacial score (nSPS) is 20.1. The molecule has 1 aromatic rings. The number of hydrogen-bond donors (Lipinski definition) is 1. The molecule has 1 N–H and O–H groups in total. The minimum atomic E-state index is -0.0968. The van der Waals surface area contributed by atoms with Crippen molar-refractivity contribution in [3.8, 4) is 5.75 Å². The molecule has 1 amide bonds. The molecule has 2 rings (SSSR count). The highest BCUT2D eigenvalue weighted by atomic mass is 35.5. The molecule has 1 unspecified atom stereocenters. The molecule has 98 valence electrons. The molecule has 0 aliphatic carbocycles. The van der Waals surface area contributed by atoms with E-state index >= 15 is 0 Å². The molecule has 0 saturated carbocycles. The molecule has 0 bridgehead atoms. The van der Waals surface area contributed by atoms with Gasteiger partial charge in [0.05, 0.1) is 18.2 Å². The number of piperidine rings is 1. The fraction of sp³-hybridized carbons (Fsp3) is 0.462. The molecular formula is C13H17ClN2O2. The van der Waals surface area contributed by atoms with Crippen LogP contribution in [0.2, 0.25) is 5.02 Å². The van der Waals surface area contributed by atoms with Crippen LogP contribution in [0.1, 0.15) is 12.8 Å². The first kappa shape index (κ1) is 13.2. The summed E-state index contributed by atoms with van der Waals surface area (Å²) in [6.07, 6.45) is 1.87. The molecule has 1 heterocycles. The molecule has 4 nitrogen and oxygen atoms in total. The lowest BCUT2D eigenvalue weighted by Crippen LogP contribution is -2.49. The van der Waals surface area contributed by atoms with Crippen LogP contribution in [0.15, 0.2) is 18.2 Å². The van der Waals surface area contributed by atoms with Gasteiger partial charge in [-0.3, -0.25) is 4.79 Å². The third kappa shape index (κ3) is 2.44. The fourth-order valence-electron chi connectivity index (χ4n) is 2.22. The Bertz CT molecular complexity index is 451. The molecule has 0 spiro atoms. The van der Waals surface area contributed by atoms with Crippen molar-refractivity contribution in [2.75, 3.05) is 25.6 Å². The van der Waals surface area contributed by atoms with Crippen LogP contribution in [0.25, 0.3) is 0 Å². The number of benzene rings is 1. The average Bonchev–Trinajstić information content (AvgIpc) is 2.40. The Kier molecular flexibility index (Phi) is 4.09. The summed E-state index contributed by atoms with van der Waals surface area (Å²) >= 11 is 5.99. The lowest BCUT2D eigenvalue weighted by atomic mass is 10.0. The van der Waals surface area contributed by atoms with Gasteiger partial charge in [0.1, 0.15) is 5.75 Å². The number of ether oxygens (including phenoxy) is 1. The monoisotopic (exact) mass is 268 g/mol. The van der Waals surface area contributed by atoms with Crippen molar-refractivity contribution in [1.29, 1.82) is 0 Å². The number of hydrogen-bond acceptors (Lipinski definition) is 3. The van der Waals surface area contributed by atoms with Gasteiger partial charge in [-0.1, -0.05) is 11.6 Å². The van der Waals surface area contributed by atoms with E-state index in [2.05, 4.69) is 5.32 Å². The third-order valence-corrected chi connectivity index (χ3v) is 3.55. The summed E-state index contributed by atoms with van der Waals surface area (Å²) in [5.74, 6) is 0.696. The highest BCUT2D eigenvalue weighted by Gasteiger charge is 2.28. The number of carbonyl (C=O) groups excluding carboxylic acids is 1. The second-order valence-electron chi connectivity index (χ2n) is 4.29. The first-order chi connectivity index (χ1) is 8.67. The van der Waals surface area contributed by atoms with Crippen molar-refractivity contribution in [3.05, 3.63) is 23.2 Å². The van der Waals surface area contributed by atoms with Crippen molar-refractivity contribution < 1.29 is 9.53 Å². The summed E-state index contributed by atoms with van der Waals surface area (Å²) in [5.41, 5.74) is 0.834. The Morgan fingerprint density at radius 2 is 2.28 bits per heavy atom. The first-order valence-electron chi connectivity index (χ1n) is 5.99. The van der Waals surface area contributed by atoms with Crippen LogP contribution in [0, 0.1) is 0 Å². The molecule has 1 fully saturated rings. The second-order valence-corrected chi connectivity index (χ2v) is 4.70. The number of nitrogens with one attached hydrogen (secondary N) is 1. The SMILES string of the molecule is CNC1CCCN(c2ccc(Cl)c(OC)c2)C1=O. The van der Waals surface area contributed by atoms with Gasteiger partial charge >= 0.3 is 0 Å². The van der Waals surface area contributed by atoms with E-state index < -0.39 is 0 Å². The van der Waals surface area contributed by atoms with E-state index in [1.165, 1.54) is 0 Å². The van der Waals surface area contributed by atoms with E-state index in [1.807, 2.05) is 13.1 Å². The number of anilines is 1. The summed E-state index contributed by atoms with van der Waals surface area (Å²) in [7, 11) is 3.38. The number of likely N-dealkylation sites (N-methyl/N-ethyl adjacent to an activating group) is 1. The van der Waals surface area contributed by atoms with Gasteiger partial charge in [0, 0.05) is 18.3 Å². The van der Waals surface area contributed by atoms with E-state index in [-0.39, 0.29) is 11.9 Å². The minimum Gasteiger partial charge on any atom is -0.495 e. The van der Waals surface area contributed by atoms with E-state index in [4.69, 9.17) is 16.3 Å². The smallest absolute Gasteiger partial charge is 0.244 e. The van der Waals surface area contributed by atoms with Crippen LogP contribution in [0.5, 0.6) is 5.75 Å². The van der Waals surface area contributed by atoms with Gasteiger partial charge in [-0.15, -0.1) is 0 Å². The number of rotatable bonds is 3. The predicted octanol–water partition coefficient (Wildman–Crippen LogP) is 2.06. The zero-order valence-electron chi connectivity index (χ0n) is 10.6. The van der Waals surface area contributed by atoms with E-state index in [9.17, 15) is 4.79 Å². The standard InChI is InChI=1S/C13H17ClN2O2/c1-15-11-4-3-7-16(13(11)17)9-5-6-10(14)12(8-9)18-2/h5-6,8,11,15H,3-4,7H2,1-2H3. The predicted molar refractivity (Wildman–Crippen MR) is 72.4 cm³/mol. The van der Waals surface area contributed by atoms with Crippen molar-refractivity contribution in [1.82, 2.24) is 5.32 Å². The molecule has 1 aromatic carbocycles. The van der Waals surface area contributed by atoms with Crippen LogP contribution in [0.4, 0.5) is 5.69 Å². The zero-order chi connectivity index (χ0) is 13.1. The Morgan fingerprint density at radius 3 is 2.94 bits per heavy atom. The van der Waals surface area contributed by atoms with Gasteiger partial charge in [-0.05, 0) is 32.0 Å². The van der Waals surface area contributed by atoms with E-state index in [0.717, 1.165) is 25.1 Å². The maximum absolute atomic E-state index is 12.2. The second kappa shape index (κ2) is 5.59. The van der Waals surface area contributed by atoms with Crippen LogP contribution < -0.4 is 15.0 Å². The maximum Gasteiger partial charge on any atom is 0.244 e. The molecular weight excluding hydrogens is 252 g/mol. The zero-order valence-corrected chi connectivity index (χ0v) is 11.3. The molecule has 1 saturated heterocycles. The summed E-state index contributed by atoms with van der Waals surface area (Å²) in [6.45, 7) is 0.738. The van der Waals surface area contributed by atoms with Crippen LogP contribution in [-0.4, -0.2) is 32.7 Å². The molecule has 1 aliphatic heterocycles. The molecule has 1 atom stereocenters. The van der Waals surface area contributed by atoms with Crippen molar-refractivity contribution in [3.63, 3.8) is 0 Å². The molecule has 5 heteroatoms. The number of methoxy groups -OCH3 is 1. The molecule has 1 aliphatic rings. The highest BCUT2D eigenvalue weighted by molar-refractivity contribution is 6.32. The Balaban J connectivity index is 2.27. The van der Waals surface area contributed by atoms with Gasteiger partial charge in [0.25, 0.3) is 0 Å². The molecule has 0 radical (unpaired) electrons. The summed E-state index contributed by atoms with van der Waals surface area (Å²) in [4.78, 5) is 14.0. The molecule has 0 aromatic heterocycles. The van der Waals surface area contributed by atoms with Crippen LogP contribution in [-0.2, 0) is 4.79 Å². The fourth-order valence-corrected chi connectivity index (χ4v) is 2.41. The van der Waals surface area contributed by atoms with Crippen LogP contribution >= 0.6 is 11.6 Å². The van der Waals surface area contributed by atoms with Gasteiger partial charge in [0.2, 0.25) is 5.91 Å². The van der Waals surface area contributed by atoms with Crippen molar-refractivity contribution >= 4 is 23.2 Å². The number of halogens is 1. The summed E-state index contributed by atoms with van der Waals surface area (Å²) < 4.78 is 5.18. The third-order valence-electron chi connectivity index (χ3n) is 3.23. The number of amides is 1. The number of carbonyl (C=O) groups is 1. The molecule has 18 heavy (non-hydrogen) atoms.